The first-order chi connectivity index (χ1) is 7.97. The fourth-order valence-corrected chi connectivity index (χ4v) is 1.46. The van der Waals surface area contributed by atoms with Crippen molar-refractivity contribution in [3.8, 4) is 0 Å². The first kappa shape index (κ1) is 13.9. The normalized spacial score (nSPS) is 13.4. The minimum atomic E-state index is -4.31. The van der Waals surface area contributed by atoms with Gasteiger partial charge in [-0.1, -0.05) is 13.0 Å². The highest BCUT2D eigenvalue weighted by Gasteiger charge is 2.30. The molecule has 6 heteroatoms. The molecule has 0 aromatic heterocycles. The molecular weight excluding hydrogens is 228 g/mol. The van der Waals surface area contributed by atoms with Gasteiger partial charge in [-0.2, -0.15) is 13.2 Å². The smallest absolute Gasteiger partial charge is 0.381 e. The van der Waals surface area contributed by atoms with Crippen molar-refractivity contribution in [3.05, 3.63) is 29.8 Å². The SMILES string of the molecule is [B]NCC(CC)Nc1cccc(C(F)(F)F)c1. The van der Waals surface area contributed by atoms with E-state index in [1.165, 1.54) is 6.07 Å². The fraction of sp³-hybridized carbons (Fsp3) is 0.455. The molecule has 0 heterocycles. The quantitative estimate of drug-likeness (QED) is 0.775. The third kappa shape index (κ3) is 4.30. The molecule has 2 nitrogen and oxygen atoms in total. The first-order valence-electron chi connectivity index (χ1n) is 5.34. The van der Waals surface area contributed by atoms with Crippen LogP contribution in [0.3, 0.4) is 0 Å². The van der Waals surface area contributed by atoms with Crippen molar-refractivity contribution in [2.24, 2.45) is 0 Å². The lowest BCUT2D eigenvalue weighted by molar-refractivity contribution is -0.137. The Labute approximate surface area is 100 Å². The van der Waals surface area contributed by atoms with Gasteiger partial charge in [0.15, 0.2) is 7.98 Å². The number of halogens is 3. The average Bonchev–Trinajstić information content (AvgIpc) is 2.28. The number of benzene rings is 1. The van der Waals surface area contributed by atoms with Gasteiger partial charge in [-0.05, 0) is 24.6 Å². The van der Waals surface area contributed by atoms with E-state index in [4.69, 9.17) is 7.98 Å². The van der Waals surface area contributed by atoms with Crippen molar-refractivity contribution < 1.29 is 13.2 Å². The van der Waals surface area contributed by atoms with Crippen LogP contribution in [0.15, 0.2) is 24.3 Å². The Balaban J connectivity index is 2.78. The molecule has 1 unspecified atom stereocenters. The van der Waals surface area contributed by atoms with Crippen LogP contribution in [0.25, 0.3) is 0 Å². The zero-order valence-electron chi connectivity index (χ0n) is 9.51. The molecule has 92 valence electrons. The van der Waals surface area contributed by atoms with Gasteiger partial charge in [0.2, 0.25) is 0 Å². The lowest BCUT2D eigenvalue weighted by atomic mass is 10.1. The summed E-state index contributed by atoms with van der Waals surface area (Å²) < 4.78 is 37.4. The van der Waals surface area contributed by atoms with Crippen molar-refractivity contribution in [3.63, 3.8) is 0 Å². The zero-order chi connectivity index (χ0) is 12.9. The van der Waals surface area contributed by atoms with Crippen LogP contribution in [-0.2, 0) is 6.18 Å². The Hall–Kier alpha value is -1.17. The van der Waals surface area contributed by atoms with Gasteiger partial charge in [-0.3, -0.25) is 0 Å². The van der Waals surface area contributed by atoms with Gasteiger partial charge in [-0.25, -0.2) is 0 Å². The largest absolute Gasteiger partial charge is 0.416 e. The van der Waals surface area contributed by atoms with Gasteiger partial charge in [0.05, 0.1) is 5.56 Å². The molecule has 1 aromatic rings. The standard InChI is InChI=1S/C11H14BF3N2/c1-2-9(7-16-12)17-10-5-3-4-8(6-10)11(13,14)15/h3-6,9,16-17H,2,7H2,1H3. The van der Waals surface area contributed by atoms with Crippen LogP contribution in [0.1, 0.15) is 18.9 Å². The van der Waals surface area contributed by atoms with Gasteiger partial charge in [0.25, 0.3) is 0 Å². The van der Waals surface area contributed by atoms with Crippen molar-refractivity contribution in [1.82, 2.24) is 5.23 Å². The van der Waals surface area contributed by atoms with Crippen LogP contribution in [0.2, 0.25) is 0 Å². The van der Waals surface area contributed by atoms with E-state index in [1.807, 2.05) is 6.92 Å². The average molecular weight is 242 g/mol. The summed E-state index contributed by atoms with van der Waals surface area (Å²) in [5.41, 5.74) is -0.208. The highest BCUT2D eigenvalue weighted by Crippen LogP contribution is 2.30. The molecule has 0 fully saturated rings. The van der Waals surface area contributed by atoms with E-state index >= 15 is 0 Å². The number of hydrogen-bond acceptors (Lipinski definition) is 2. The van der Waals surface area contributed by atoms with Gasteiger partial charge in [0.1, 0.15) is 0 Å². The first-order valence-corrected chi connectivity index (χ1v) is 5.34. The van der Waals surface area contributed by atoms with E-state index in [9.17, 15) is 13.2 Å². The van der Waals surface area contributed by atoms with E-state index < -0.39 is 11.7 Å². The van der Waals surface area contributed by atoms with Crippen LogP contribution in [0, 0.1) is 0 Å². The second-order valence-corrected chi connectivity index (χ2v) is 3.74. The molecule has 1 aromatic carbocycles. The van der Waals surface area contributed by atoms with Crippen LogP contribution in [0.4, 0.5) is 18.9 Å². The van der Waals surface area contributed by atoms with Crippen molar-refractivity contribution in [2.75, 3.05) is 11.9 Å². The fourth-order valence-electron chi connectivity index (χ4n) is 1.46. The Bertz CT molecular complexity index is 355. The summed E-state index contributed by atoms with van der Waals surface area (Å²) in [6.45, 7) is 2.43. The zero-order valence-corrected chi connectivity index (χ0v) is 9.51. The van der Waals surface area contributed by atoms with Gasteiger partial charge < -0.3 is 10.5 Å². The van der Waals surface area contributed by atoms with Crippen LogP contribution in [0.5, 0.6) is 0 Å². The summed E-state index contributed by atoms with van der Waals surface area (Å²) in [6, 6.07) is 5.14. The second-order valence-electron chi connectivity index (χ2n) is 3.74. The molecule has 0 saturated carbocycles. The van der Waals surface area contributed by atoms with E-state index in [-0.39, 0.29) is 6.04 Å². The van der Waals surface area contributed by atoms with Crippen LogP contribution < -0.4 is 10.5 Å². The maximum Gasteiger partial charge on any atom is 0.416 e. The maximum absolute atomic E-state index is 12.5. The molecule has 1 rings (SSSR count). The molecule has 2 radical (unpaired) electrons. The molecular formula is C11H14BF3N2. The van der Waals surface area contributed by atoms with Crippen LogP contribution >= 0.6 is 0 Å². The third-order valence-electron chi connectivity index (χ3n) is 2.42. The molecule has 0 aliphatic heterocycles. The summed E-state index contributed by atoms with van der Waals surface area (Å²) >= 11 is 0. The summed E-state index contributed by atoms with van der Waals surface area (Å²) in [5, 5.41) is 5.50. The van der Waals surface area contributed by atoms with Crippen LogP contribution in [-0.4, -0.2) is 20.6 Å². The van der Waals surface area contributed by atoms with E-state index in [0.717, 1.165) is 18.6 Å². The highest BCUT2D eigenvalue weighted by molar-refractivity contribution is 6.04. The number of nitrogens with one attached hydrogen (secondary N) is 2. The van der Waals surface area contributed by atoms with Crippen molar-refractivity contribution in [2.45, 2.75) is 25.6 Å². The third-order valence-corrected chi connectivity index (χ3v) is 2.42. The van der Waals surface area contributed by atoms with E-state index in [0.29, 0.717) is 12.2 Å². The van der Waals surface area contributed by atoms with Crippen molar-refractivity contribution >= 4 is 13.7 Å². The Morgan fingerprint density at radius 2 is 2.06 bits per heavy atom. The molecule has 0 bridgehead atoms. The molecule has 1 atom stereocenters. The molecule has 0 amide bonds. The number of rotatable bonds is 5. The minimum absolute atomic E-state index is 0.00323. The van der Waals surface area contributed by atoms with E-state index in [1.54, 1.807) is 6.07 Å². The predicted octanol–water partition coefficient (Wildman–Crippen LogP) is 2.57. The Kier molecular flexibility index (Phi) is 4.87. The van der Waals surface area contributed by atoms with Crippen molar-refractivity contribution in [1.29, 1.82) is 0 Å². The lowest BCUT2D eigenvalue weighted by Gasteiger charge is -2.18. The summed E-state index contributed by atoms with van der Waals surface area (Å²) in [6.07, 6.45) is -3.55. The summed E-state index contributed by atoms with van der Waals surface area (Å²) in [4.78, 5) is 0. The van der Waals surface area contributed by atoms with Gasteiger partial charge in [0, 0.05) is 18.3 Å². The Morgan fingerprint density at radius 3 is 2.59 bits per heavy atom. The van der Waals surface area contributed by atoms with Gasteiger partial charge in [-0.15, -0.1) is 0 Å². The molecule has 2 N–H and O–H groups in total. The molecule has 0 saturated heterocycles. The predicted molar refractivity (Wildman–Crippen MR) is 62.9 cm³/mol. The Morgan fingerprint density at radius 1 is 1.35 bits per heavy atom. The number of alkyl halides is 3. The van der Waals surface area contributed by atoms with E-state index in [2.05, 4.69) is 10.5 Å². The molecule has 0 aliphatic rings. The summed E-state index contributed by atoms with van der Waals surface area (Å²) in [5.74, 6) is 0. The monoisotopic (exact) mass is 242 g/mol. The maximum atomic E-state index is 12.5. The summed E-state index contributed by atoms with van der Waals surface area (Å²) in [7, 11) is 5.19. The topological polar surface area (TPSA) is 24.1 Å². The molecule has 0 aliphatic carbocycles. The highest BCUT2D eigenvalue weighted by atomic mass is 19.4. The molecule has 17 heavy (non-hydrogen) atoms. The second kappa shape index (κ2) is 5.96. The lowest BCUT2D eigenvalue weighted by Crippen LogP contribution is -2.31. The number of hydrogen-bond donors (Lipinski definition) is 2. The van der Waals surface area contributed by atoms with Gasteiger partial charge >= 0.3 is 6.18 Å². The molecule has 0 spiro atoms. The minimum Gasteiger partial charge on any atom is -0.381 e. The number of anilines is 1.